The molecule has 1 aliphatic heterocycles. The van der Waals surface area contributed by atoms with E-state index in [4.69, 9.17) is 5.73 Å². The standard InChI is InChI=1S/C12H14FN3O2/c1-12(11(14)18)4-6-16(7-12)10(17)8-3-2-5-15-9(8)13/h2-3,5H,4,6-7H2,1H3,(H2,14,18). The van der Waals surface area contributed by atoms with Crippen molar-refractivity contribution in [2.75, 3.05) is 13.1 Å². The minimum absolute atomic E-state index is 0.0776. The molecule has 1 fully saturated rings. The molecule has 0 aliphatic carbocycles. The second-order valence-electron chi connectivity index (χ2n) is 4.74. The molecule has 2 amide bonds. The summed E-state index contributed by atoms with van der Waals surface area (Å²) in [4.78, 5) is 28.2. The third-order valence-corrected chi connectivity index (χ3v) is 3.34. The molecule has 2 rings (SSSR count). The van der Waals surface area contributed by atoms with Gasteiger partial charge in [-0.1, -0.05) is 0 Å². The fourth-order valence-electron chi connectivity index (χ4n) is 2.05. The molecule has 0 saturated carbocycles. The second kappa shape index (κ2) is 4.36. The van der Waals surface area contributed by atoms with E-state index < -0.39 is 23.2 Å². The van der Waals surface area contributed by atoms with E-state index in [1.807, 2.05) is 0 Å². The average Bonchev–Trinajstić information content (AvgIpc) is 2.73. The van der Waals surface area contributed by atoms with Gasteiger partial charge in [-0.05, 0) is 25.5 Å². The van der Waals surface area contributed by atoms with Crippen molar-refractivity contribution in [3.05, 3.63) is 29.8 Å². The molecule has 2 heterocycles. The Labute approximate surface area is 104 Å². The van der Waals surface area contributed by atoms with E-state index in [1.54, 1.807) is 6.92 Å². The van der Waals surface area contributed by atoms with Gasteiger partial charge in [-0.15, -0.1) is 0 Å². The van der Waals surface area contributed by atoms with Crippen LogP contribution < -0.4 is 5.73 Å². The molecule has 0 aromatic carbocycles. The predicted octanol–water partition coefficient (Wildman–Crippen LogP) is 0.558. The molecule has 0 radical (unpaired) electrons. The van der Waals surface area contributed by atoms with Crippen molar-refractivity contribution in [1.82, 2.24) is 9.88 Å². The topological polar surface area (TPSA) is 76.3 Å². The van der Waals surface area contributed by atoms with Crippen LogP contribution in [0.4, 0.5) is 4.39 Å². The predicted molar refractivity (Wildman–Crippen MR) is 62.0 cm³/mol. The summed E-state index contributed by atoms with van der Waals surface area (Å²) in [5, 5.41) is 0. The fraction of sp³-hybridized carbons (Fsp3) is 0.417. The molecule has 5 nitrogen and oxygen atoms in total. The minimum Gasteiger partial charge on any atom is -0.369 e. The minimum atomic E-state index is -0.796. The Morgan fingerprint density at radius 1 is 1.56 bits per heavy atom. The van der Waals surface area contributed by atoms with E-state index in [0.717, 1.165) is 0 Å². The van der Waals surface area contributed by atoms with Crippen LogP contribution in [0.2, 0.25) is 0 Å². The molecule has 1 atom stereocenters. The highest BCUT2D eigenvalue weighted by Crippen LogP contribution is 2.30. The molecule has 1 aromatic heterocycles. The highest BCUT2D eigenvalue weighted by molar-refractivity contribution is 5.95. The Hall–Kier alpha value is -1.98. The van der Waals surface area contributed by atoms with Gasteiger partial charge in [0.15, 0.2) is 0 Å². The van der Waals surface area contributed by atoms with Crippen molar-refractivity contribution >= 4 is 11.8 Å². The first-order chi connectivity index (χ1) is 8.44. The lowest BCUT2D eigenvalue weighted by Gasteiger charge is -2.21. The van der Waals surface area contributed by atoms with Gasteiger partial charge < -0.3 is 10.6 Å². The maximum atomic E-state index is 13.4. The third-order valence-electron chi connectivity index (χ3n) is 3.34. The second-order valence-corrected chi connectivity index (χ2v) is 4.74. The Kier molecular flexibility index (Phi) is 3.02. The molecule has 18 heavy (non-hydrogen) atoms. The molecular weight excluding hydrogens is 237 g/mol. The van der Waals surface area contributed by atoms with Crippen LogP contribution in [0, 0.1) is 11.4 Å². The van der Waals surface area contributed by atoms with Crippen molar-refractivity contribution in [2.24, 2.45) is 11.1 Å². The van der Waals surface area contributed by atoms with E-state index >= 15 is 0 Å². The summed E-state index contributed by atoms with van der Waals surface area (Å²) in [6, 6.07) is 2.88. The van der Waals surface area contributed by atoms with Crippen LogP contribution in [-0.2, 0) is 4.79 Å². The number of primary amides is 1. The molecular formula is C12H14FN3O2. The summed E-state index contributed by atoms with van der Waals surface area (Å²) in [5.74, 6) is -1.69. The van der Waals surface area contributed by atoms with Gasteiger partial charge in [0.05, 0.1) is 11.0 Å². The molecule has 0 spiro atoms. The number of carbonyl (C=O) groups excluding carboxylic acids is 2. The summed E-state index contributed by atoms with van der Waals surface area (Å²) >= 11 is 0. The fourth-order valence-corrected chi connectivity index (χ4v) is 2.05. The smallest absolute Gasteiger partial charge is 0.258 e. The number of hydrogen-bond acceptors (Lipinski definition) is 3. The quantitative estimate of drug-likeness (QED) is 0.780. The van der Waals surface area contributed by atoms with Crippen LogP contribution in [-0.4, -0.2) is 34.8 Å². The number of pyridine rings is 1. The van der Waals surface area contributed by atoms with Gasteiger partial charge in [0.25, 0.3) is 5.91 Å². The average molecular weight is 251 g/mol. The number of hydrogen-bond donors (Lipinski definition) is 1. The molecule has 6 heteroatoms. The lowest BCUT2D eigenvalue weighted by atomic mass is 9.89. The van der Waals surface area contributed by atoms with Crippen molar-refractivity contribution < 1.29 is 14.0 Å². The van der Waals surface area contributed by atoms with Crippen LogP contribution in [0.25, 0.3) is 0 Å². The van der Waals surface area contributed by atoms with Crippen molar-refractivity contribution in [1.29, 1.82) is 0 Å². The maximum Gasteiger partial charge on any atom is 0.258 e. The summed E-state index contributed by atoms with van der Waals surface area (Å²) in [6.45, 7) is 2.32. The number of halogens is 1. The van der Waals surface area contributed by atoms with Crippen LogP contribution in [0.3, 0.4) is 0 Å². The Balaban J connectivity index is 2.18. The number of aromatic nitrogens is 1. The Morgan fingerprint density at radius 2 is 2.28 bits per heavy atom. The first kappa shape index (κ1) is 12.5. The number of likely N-dealkylation sites (tertiary alicyclic amines) is 1. The number of rotatable bonds is 2. The largest absolute Gasteiger partial charge is 0.369 e. The van der Waals surface area contributed by atoms with E-state index in [1.165, 1.54) is 23.2 Å². The normalized spacial score (nSPS) is 23.1. The maximum absolute atomic E-state index is 13.4. The van der Waals surface area contributed by atoms with Gasteiger partial charge in [0.2, 0.25) is 11.9 Å². The lowest BCUT2D eigenvalue weighted by molar-refractivity contribution is -0.126. The van der Waals surface area contributed by atoms with E-state index in [0.29, 0.717) is 13.0 Å². The van der Waals surface area contributed by atoms with Crippen LogP contribution >= 0.6 is 0 Å². The third kappa shape index (κ3) is 2.05. The van der Waals surface area contributed by atoms with E-state index in [2.05, 4.69) is 4.98 Å². The van der Waals surface area contributed by atoms with E-state index in [-0.39, 0.29) is 12.1 Å². The molecule has 1 aromatic rings. The monoisotopic (exact) mass is 251 g/mol. The van der Waals surface area contributed by atoms with Crippen LogP contribution in [0.1, 0.15) is 23.7 Å². The summed E-state index contributed by atoms with van der Waals surface area (Å²) in [5.41, 5.74) is 4.49. The molecule has 1 aliphatic rings. The molecule has 1 unspecified atom stereocenters. The van der Waals surface area contributed by atoms with Gasteiger partial charge in [-0.2, -0.15) is 4.39 Å². The summed E-state index contributed by atoms with van der Waals surface area (Å²) in [7, 11) is 0. The molecule has 0 bridgehead atoms. The molecule has 2 N–H and O–H groups in total. The number of nitrogens with zero attached hydrogens (tertiary/aromatic N) is 2. The first-order valence-corrected chi connectivity index (χ1v) is 5.64. The zero-order chi connectivity index (χ0) is 13.3. The van der Waals surface area contributed by atoms with Gasteiger partial charge >= 0.3 is 0 Å². The first-order valence-electron chi connectivity index (χ1n) is 5.64. The Bertz CT molecular complexity index is 506. The van der Waals surface area contributed by atoms with Crippen molar-refractivity contribution in [3.8, 4) is 0 Å². The lowest BCUT2D eigenvalue weighted by Crippen LogP contribution is -2.38. The summed E-state index contributed by atoms with van der Waals surface area (Å²) < 4.78 is 13.4. The van der Waals surface area contributed by atoms with Crippen molar-refractivity contribution in [3.63, 3.8) is 0 Å². The zero-order valence-corrected chi connectivity index (χ0v) is 10.0. The molecule has 1 saturated heterocycles. The van der Waals surface area contributed by atoms with Gasteiger partial charge in [-0.25, -0.2) is 4.98 Å². The highest BCUT2D eigenvalue weighted by atomic mass is 19.1. The van der Waals surface area contributed by atoms with Gasteiger partial charge in [-0.3, -0.25) is 9.59 Å². The molecule has 96 valence electrons. The SMILES string of the molecule is CC1(C(N)=O)CCN(C(=O)c2cccnc2F)C1. The zero-order valence-electron chi connectivity index (χ0n) is 10.0. The summed E-state index contributed by atoms with van der Waals surface area (Å²) in [6.07, 6.45) is 1.78. The van der Waals surface area contributed by atoms with Gasteiger partial charge in [0, 0.05) is 19.3 Å². The number of amides is 2. The highest BCUT2D eigenvalue weighted by Gasteiger charge is 2.41. The number of nitrogens with two attached hydrogens (primary N) is 1. The van der Waals surface area contributed by atoms with Crippen LogP contribution in [0.5, 0.6) is 0 Å². The van der Waals surface area contributed by atoms with Gasteiger partial charge in [0.1, 0.15) is 0 Å². The van der Waals surface area contributed by atoms with Crippen molar-refractivity contribution in [2.45, 2.75) is 13.3 Å². The number of carbonyl (C=O) groups is 2. The van der Waals surface area contributed by atoms with Crippen LogP contribution in [0.15, 0.2) is 18.3 Å². The Morgan fingerprint density at radius 3 is 2.83 bits per heavy atom. The van der Waals surface area contributed by atoms with E-state index in [9.17, 15) is 14.0 Å².